The van der Waals surface area contributed by atoms with Crippen molar-refractivity contribution in [2.75, 3.05) is 6.61 Å². The number of allylic oxidation sites excluding steroid dienone is 4. The van der Waals surface area contributed by atoms with Crippen LogP contribution in [0.5, 0.6) is 0 Å². The summed E-state index contributed by atoms with van der Waals surface area (Å²) in [5, 5.41) is 0. The lowest BCUT2D eigenvalue weighted by atomic mass is 10.0. The molecular formula is C25H29O5P. The molecule has 31 heavy (non-hydrogen) atoms. The molecule has 0 aliphatic heterocycles. The summed E-state index contributed by atoms with van der Waals surface area (Å²) in [5.41, 5.74) is 4.50. The molecule has 2 rings (SSSR count). The molecular weight excluding hydrogens is 411 g/mol. The zero-order valence-electron chi connectivity index (χ0n) is 17.9. The molecule has 5 nitrogen and oxygen atoms in total. The second-order valence-corrected chi connectivity index (χ2v) is 8.89. The standard InChI is InChI=1S/C25H29O5P/c1-20(10-7-17-31(27,28)29)8-6-9-21(2)18-30-19-22-13-15-24(16-14-22)25(26)23-11-4-3-5-12-23/h3-5,7,9-17H,6,8,18-19H2,1-2H3,(H2,27,28,29). The quantitative estimate of drug-likeness (QED) is 0.200. The maximum Gasteiger partial charge on any atom is 0.349 e. The van der Waals surface area contributed by atoms with Crippen LogP contribution in [-0.2, 0) is 15.9 Å². The fourth-order valence-electron chi connectivity index (χ4n) is 2.85. The summed E-state index contributed by atoms with van der Waals surface area (Å²) in [4.78, 5) is 30.0. The van der Waals surface area contributed by atoms with Gasteiger partial charge in [0.25, 0.3) is 0 Å². The van der Waals surface area contributed by atoms with Gasteiger partial charge in [-0.05, 0) is 32.3 Å². The lowest BCUT2D eigenvalue weighted by molar-refractivity contribution is 0.103. The van der Waals surface area contributed by atoms with E-state index in [0.29, 0.717) is 24.3 Å². The molecule has 2 aromatic carbocycles. The van der Waals surface area contributed by atoms with Crippen molar-refractivity contribution in [3.8, 4) is 0 Å². The first-order valence-electron chi connectivity index (χ1n) is 10.1. The zero-order chi connectivity index (χ0) is 22.7. The van der Waals surface area contributed by atoms with Gasteiger partial charge in [0.2, 0.25) is 0 Å². The molecule has 0 aliphatic rings. The average molecular weight is 440 g/mol. The summed E-state index contributed by atoms with van der Waals surface area (Å²) in [7, 11) is -4.09. The van der Waals surface area contributed by atoms with Gasteiger partial charge in [0.1, 0.15) is 0 Å². The normalized spacial score (nSPS) is 13.0. The van der Waals surface area contributed by atoms with Gasteiger partial charge < -0.3 is 14.5 Å². The predicted molar refractivity (Wildman–Crippen MR) is 124 cm³/mol. The molecule has 0 bridgehead atoms. The van der Waals surface area contributed by atoms with Gasteiger partial charge in [-0.3, -0.25) is 9.36 Å². The van der Waals surface area contributed by atoms with Crippen LogP contribution in [0.15, 0.2) is 89.8 Å². The number of hydrogen-bond acceptors (Lipinski definition) is 3. The van der Waals surface area contributed by atoms with Crippen molar-refractivity contribution in [2.45, 2.75) is 33.3 Å². The highest BCUT2D eigenvalue weighted by molar-refractivity contribution is 7.55. The molecule has 0 radical (unpaired) electrons. The highest BCUT2D eigenvalue weighted by Crippen LogP contribution is 2.35. The number of benzene rings is 2. The van der Waals surface area contributed by atoms with E-state index < -0.39 is 7.60 Å². The van der Waals surface area contributed by atoms with E-state index in [1.54, 1.807) is 6.08 Å². The van der Waals surface area contributed by atoms with E-state index in [4.69, 9.17) is 14.5 Å². The molecule has 0 atom stereocenters. The summed E-state index contributed by atoms with van der Waals surface area (Å²) < 4.78 is 16.5. The maximum atomic E-state index is 12.4. The van der Waals surface area contributed by atoms with Crippen molar-refractivity contribution >= 4 is 13.4 Å². The van der Waals surface area contributed by atoms with Crippen LogP contribution in [0, 0.1) is 0 Å². The number of carbonyl (C=O) groups excluding carboxylic acids is 1. The van der Waals surface area contributed by atoms with Gasteiger partial charge in [0.05, 0.1) is 13.2 Å². The lowest BCUT2D eigenvalue weighted by Crippen LogP contribution is -2.02. The van der Waals surface area contributed by atoms with E-state index in [1.807, 2.05) is 68.4 Å². The van der Waals surface area contributed by atoms with Crippen LogP contribution >= 0.6 is 7.60 Å². The Morgan fingerprint density at radius 3 is 2.26 bits per heavy atom. The second kappa shape index (κ2) is 12.3. The van der Waals surface area contributed by atoms with Gasteiger partial charge >= 0.3 is 7.60 Å². The Morgan fingerprint density at radius 1 is 0.968 bits per heavy atom. The van der Waals surface area contributed by atoms with Crippen LogP contribution in [0.25, 0.3) is 0 Å². The van der Waals surface area contributed by atoms with Crippen LogP contribution in [0.2, 0.25) is 0 Å². The smallest absolute Gasteiger partial charge is 0.349 e. The second-order valence-electron chi connectivity index (χ2n) is 7.42. The Balaban J connectivity index is 1.74. The van der Waals surface area contributed by atoms with Gasteiger partial charge in [0.15, 0.2) is 5.78 Å². The minimum Gasteiger partial charge on any atom is -0.372 e. The zero-order valence-corrected chi connectivity index (χ0v) is 18.8. The minimum absolute atomic E-state index is 0.00779. The summed E-state index contributed by atoms with van der Waals surface area (Å²) in [6.07, 6.45) is 6.85. The molecule has 0 spiro atoms. The SMILES string of the molecule is CC(=CC=CP(=O)(O)O)CCC=C(C)COCc1ccc(C(=O)c2ccccc2)cc1. The van der Waals surface area contributed by atoms with E-state index in [0.717, 1.165) is 35.4 Å². The summed E-state index contributed by atoms with van der Waals surface area (Å²) in [5.74, 6) is 0.906. The molecule has 2 N–H and O–H groups in total. The number of ketones is 1. The van der Waals surface area contributed by atoms with Crippen LogP contribution in [-0.4, -0.2) is 22.2 Å². The molecule has 0 heterocycles. The highest BCUT2D eigenvalue weighted by Gasteiger charge is 2.08. The van der Waals surface area contributed by atoms with E-state index in [9.17, 15) is 9.36 Å². The van der Waals surface area contributed by atoms with Gasteiger partial charge in [-0.25, -0.2) is 0 Å². The molecule has 0 unspecified atom stereocenters. The van der Waals surface area contributed by atoms with Gasteiger partial charge in [-0.2, -0.15) is 0 Å². The summed E-state index contributed by atoms with van der Waals surface area (Å²) >= 11 is 0. The summed E-state index contributed by atoms with van der Waals surface area (Å²) in [6.45, 7) is 4.92. The minimum atomic E-state index is -4.09. The fourth-order valence-corrected chi connectivity index (χ4v) is 3.16. The van der Waals surface area contributed by atoms with E-state index in [2.05, 4.69) is 6.08 Å². The molecule has 0 saturated carbocycles. The van der Waals surface area contributed by atoms with Crippen LogP contribution < -0.4 is 0 Å². The molecule has 6 heteroatoms. The number of ether oxygens (including phenoxy) is 1. The maximum absolute atomic E-state index is 12.4. The topological polar surface area (TPSA) is 83.8 Å². The van der Waals surface area contributed by atoms with Crippen molar-refractivity contribution in [2.24, 2.45) is 0 Å². The first-order valence-corrected chi connectivity index (χ1v) is 11.7. The van der Waals surface area contributed by atoms with E-state index >= 15 is 0 Å². The van der Waals surface area contributed by atoms with Crippen LogP contribution in [0.3, 0.4) is 0 Å². The molecule has 0 aliphatic carbocycles. The van der Waals surface area contributed by atoms with Crippen molar-refractivity contribution in [3.05, 3.63) is 106 Å². The molecule has 2 aromatic rings. The van der Waals surface area contributed by atoms with Crippen molar-refractivity contribution in [1.82, 2.24) is 0 Å². The van der Waals surface area contributed by atoms with Crippen molar-refractivity contribution in [3.63, 3.8) is 0 Å². The Labute approximate surface area is 183 Å². The Kier molecular flexibility index (Phi) is 9.83. The van der Waals surface area contributed by atoms with Crippen LogP contribution in [0.1, 0.15) is 48.2 Å². The summed E-state index contributed by atoms with van der Waals surface area (Å²) in [6, 6.07) is 16.7. The first kappa shape index (κ1) is 24.7. The number of rotatable bonds is 11. The third-order valence-corrected chi connectivity index (χ3v) is 5.10. The highest BCUT2D eigenvalue weighted by atomic mass is 31.2. The Hall–Kier alpha value is -2.56. The largest absolute Gasteiger partial charge is 0.372 e. The number of hydrogen-bond donors (Lipinski definition) is 2. The predicted octanol–water partition coefficient (Wildman–Crippen LogP) is 5.80. The monoisotopic (exact) mass is 440 g/mol. The molecule has 0 saturated heterocycles. The van der Waals surface area contributed by atoms with Crippen molar-refractivity contribution in [1.29, 1.82) is 0 Å². The van der Waals surface area contributed by atoms with Gasteiger partial charge in [-0.1, -0.05) is 84.0 Å². The Morgan fingerprint density at radius 2 is 1.61 bits per heavy atom. The average Bonchev–Trinajstić information content (AvgIpc) is 2.73. The Bertz CT molecular complexity index is 982. The van der Waals surface area contributed by atoms with Crippen LogP contribution in [0.4, 0.5) is 0 Å². The third kappa shape index (κ3) is 9.86. The molecule has 0 aromatic heterocycles. The first-order chi connectivity index (χ1) is 14.7. The number of carbonyl (C=O) groups is 1. The third-order valence-electron chi connectivity index (χ3n) is 4.54. The molecule has 164 valence electrons. The van der Waals surface area contributed by atoms with Crippen molar-refractivity contribution < 1.29 is 23.9 Å². The van der Waals surface area contributed by atoms with E-state index in [1.165, 1.54) is 6.08 Å². The molecule has 0 amide bonds. The van der Waals surface area contributed by atoms with Gasteiger partial charge in [0, 0.05) is 16.9 Å². The lowest BCUT2D eigenvalue weighted by Gasteiger charge is -2.07. The fraction of sp³-hybridized carbons (Fsp3) is 0.240. The molecule has 0 fully saturated rings. The van der Waals surface area contributed by atoms with E-state index in [-0.39, 0.29) is 5.78 Å². The van der Waals surface area contributed by atoms with Gasteiger partial charge in [-0.15, -0.1) is 0 Å².